The van der Waals surface area contributed by atoms with Crippen molar-refractivity contribution in [2.24, 2.45) is 0 Å². The number of nitrogens with zero attached hydrogens (tertiary/aromatic N) is 3. The number of carboxylic acid groups (broad SMARTS) is 1. The van der Waals surface area contributed by atoms with Gasteiger partial charge in [0.05, 0.1) is 48.9 Å². The Bertz CT molecular complexity index is 1690. The summed E-state index contributed by atoms with van der Waals surface area (Å²) in [5.41, 5.74) is 7.91. The lowest BCUT2D eigenvalue weighted by molar-refractivity contribution is -0.137. The second kappa shape index (κ2) is 17.5. The average molecular weight is 686 g/mol. The van der Waals surface area contributed by atoms with Crippen LogP contribution in [-0.2, 0) is 35.6 Å². The molecular weight excluding hydrogens is 646 g/mol. The van der Waals surface area contributed by atoms with Crippen LogP contribution in [0.5, 0.6) is 5.75 Å². The highest BCUT2D eigenvalue weighted by molar-refractivity contribution is 7.89. The molecule has 3 heterocycles. The van der Waals surface area contributed by atoms with Gasteiger partial charge in [0.15, 0.2) is 11.5 Å². The van der Waals surface area contributed by atoms with E-state index in [9.17, 15) is 22.8 Å². The molecule has 0 fully saturated rings. The van der Waals surface area contributed by atoms with Crippen LogP contribution in [0, 0.1) is 0 Å². The number of aliphatic carboxylic acids is 1. The minimum atomic E-state index is -4.03. The van der Waals surface area contributed by atoms with Crippen LogP contribution >= 0.6 is 0 Å². The molecule has 2 aliphatic heterocycles. The van der Waals surface area contributed by atoms with E-state index in [1.54, 1.807) is 31.3 Å². The van der Waals surface area contributed by atoms with E-state index in [0.29, 0.717) is 23.5 Å². The molecule has 0 saturated heterocycles. The Balaban J connectivity index is 1.60. The lowest BCUT2D eigenvalue weighted by Gasteiger charge is -2.22. The third-order valence-electron chi connectivity index (χ3n) is 7.09. The van der Waals surface area contributed by atoms with E-state index in [0.717, 1.165) is 5.56 Å². The summed E-state index contributed by atoms with van der Waals surface area (Å²) in [6.07, 6.45) is 1.47. The first-order chi connectivity index (χ1) is 23.1. The molecule has 16 nitrogen and oxygen atoms in total. The number of carbonyl (C=O) groups excluding carboxylic acids is 2. The quantitative estimate of drug-likeness (QED) is 0.210. The molecule has 1 aromatic heterocycles. The van der Waals surface area contributed by atoms with Gasteiger partial charge < -0.3 is 41.0 Å². The van der Waals surface area contributed by atoms with Gasteiger partial charge in [-0.15, -0.1) is 0 Å². The number of aromatic nitrogens is 2. The number of carboxylic acids is 1. The van der Waals surface area contributed by atoms with E-state index < -0.39 is 34.4 Å². The Labute approximate surface area is 278 Å². The maximum Gasteiger partial charge on any atom is 0.322 e. The normalized spacial score (nSPS) is 16.0. The summed E-state index contributed by atoms with van der Waals surface area (Å²) in [5, 5.41) is 16.9. The number of hydrogen-bond donors (Lipinski definition) is 5. The molecule has 2 aliphatic rings. The highest BCUT2D eigenvalue weighted by atomic mass is 32.2. The van der Waals surface area contributed by atoms with Crippen LogP contribution in [0.15, 0.2) is 53.6 Å². The predicted octanol–water partition coefficient (Wildman–Crippen LogP) is 1.09. The van der Waals surface area contributed by atoms with Gasteiger partial charge in [0.25, 0.3) is 5.91 Å². The Morgan fingerprint density at radius 2 is 1.79 bits per heavy atom. The molecule has 4 bridgehead atoms. The Hall–Kier alpha value is -4.68. The number of nitrogens with one attached hydrogen (secondary N) is 3. The molecular formula is C31H39N7O9S. The number of carbonyl (C=O) groups is 3. The van der Waals surface area contributed by atoms with E-state index in [-0.39, 0.29) is 81.1 Å². The number of amides is 2. The van der Waals surface area contributed by atoms with Gasteiger partial charge in [-0.05, 0) is 31.7 Å². The van der Waals surface area contributed by atoms with Gasteiger partial charge in [-0.1, -0.05) is 24.3 Å². The molecule has 6 N–H and O–H groups in total. The molecule has 258 valence electrons. The first-order valence-electron chi connectivity index (χ1n) is 15.2. The van der Waals surface area contributed by atoms with E-state index in [1.807, 2.05) is 6.07 Å². The van der Waals surface area contributed by atoms with Crippen molar-refractivity contribution in [3.8, 4) is 17.0 Å². The van der Waals surface area contributed by atoms with Crippen molar-refractivity contribution in [2.45, 2.75) is 24.3 Å². The second-order valence-electron chi connectivity index (χ2n) is 10.5. The molecule has 0 radical (unpaired) electrons. The molecule has 17 heteroatoms. The number of nitrogen functional groups attached to an aromatic ring is 1. The third-order valence-corrected chi connectivity index (χ3v) is 9.01. The standard InChI is InChI=1S/C31H39N7O9S/c1-33-18-22-4-2-5-24-29(22)47-17-16-46-15-14-45-13-12-38(11-3-6-26(39)34-20-27(40)41)48(43,44)23-9-7-21(8-10-23)25-19-35-30(32)28(36-25)31(42)37-24/h2,4-5,7-10,19,33H,3,6,11-18,20H2,1H3,(H2,32,35)(H,34,39)(H,37,42)(H,40,41). The van der Waals surface area contributed by atoms with Crippen LogP contribution in [0.25, 0.3) is 11.3 Å². The zero-order valence-electron chi connectivity index (χ0n) is 26.4. The van der Waals surface area contributed by atoms with Gasteiger partial charge in [0, 0.05) is 37.2 Å². The van der Waals surface area contributed by atoms with E-state index >= 15 is 0 Å². The number of fused-ring (bicyclic) bond motifs is 13. The summed E-state index contributed by atoms with van der Waals surface area (Å²) in [4.78, 5) is 44.7. The molecule has 0 unspecified atom stereocenters. The average Bonchev–Trinajstić information content (AvgIpc) is 3.06. The van der Waals surface area contributed by atoms with Crippen molar-refractivity contribution >= 4 is 39.3 Å². The summed E-state index contributed by atoms with van der Waals surface area (Å²) in [5.74, 6) is -1.94. The minimum absolute atomic E-state index is 0.00310. The van der Waals surface area contributed by atoms with Crippen LogP contribution in [-0.4, -0.2) is 105 Å². The van der Waals surface area contributed by atoms with Gasteiger partial charge in [0.1, 0.15) is 18.9 Å². The molecule has 5 rings (SSSR count). The maximum atomic E-state index is 13.7. The highest BCUT2D eigenvalue weighted by Gasteiger charge is 2.25. The monoisotopic (exact) mass is 685 g/mol. The largest absolute Gasteiger partial charge is 0.489 e. The van der Waals surface area contributed by atoms with Crippen molar-refractivity contribution in [3.05, 3.63) is 59.9 Å². The van der Waals surface area contributed by atoms with Gasteiger partial charge >= 0.3 is 5.97 Å². The van der Waals surface area contributed by atoms with Crippen LogP contribution in [0.4, 0.5) is 11.5 Å². The molecule has 0 atom stereocenters. The fourth-order valence-electron chi connectivity index (χ4n) is 4.74. The van der Waals surface area contributed by atoms with Crippen molar-refractivity contribution in [1.29, 1.82) is 0 Å². The number of rotatable bonds is 8. The van der Waals surface area contributed by atoms with Crippen molar-refractivity contribution in [2.75, 3.05) is 70.8 Å². The van der Waals surface area contributed by atoms with Gasteiger partial charge in [0.2, 0.25) is 15.9 Å². The fourth-order valence-corrected chi connectivity index (χ4v) is 6.20. The lowest BCUT2D eigenvalue weighted by atomic mass is 10.1. The number of anilines is 2. The van der Waals surface area contributed by atoms with Crippen LogP contribution < -0.4 is 26.4 Å². The third kappa shape index (κ3) is 9.91. The summed E-state index contributed by atoms with van der Waals surface area (Å²) in [6, 6.07) is 11.3. The number of ether oxygens (including phenoxy) is 3. The topological polar surface area (TPSA) is 224 Å². The molecule has 48 heavy (non-hydrogen) atoms. The smallest absolute Gasteiger partial charge is 0.322 e. The summed E-state index contributed by atoms with van der Waals surface area (Å²) < 4.78 is 45.8. The first-order valence-corrected chi connectivity index (χ1v) is 16.6. The van der Waals surface area contributed by atoms with Crippen molar-refractivity contribution in [3.63, 3.8) is 0 Å². The Morgan fingerprint density at radius 3 is 2.52 bits per heavy atom. The Kier molecular flexibility index (Phi) is 13.2. The number of nitrogens with two attached hydrogens (primary N) is 1. The zero-order valence-corrected chi connectivity index (χ0v) is 27.3. The minimum Gasteiger partial charge on any atom is -0.489 e. The van der Waals surface area contributed by atoms with Gasteiger partial charge in [-0.3, -0.25) is 14.4 Å². The first kappa shape index (κ1) is 36.2. The number of para-hydroxylation sites is 1. The highest BCUT2D eigenvalue weighted by Crippen LogP contribution is 2.30. The van der Waals surface area contributed by atoms with Crippen LogP contribution in [0.3, 0.4) is 0 Å². The number of benzene rings is 2. The van der Waals surface area contributed by atoms with Gasteiger partial charge in [-0.2, -0.15) is 4.31 Å². The van der Waals surface area contributed by atoms with E-state index in [4.69, 9.17) is 25.1 Å². The molecule has 2 amide bonds. The van der Waals surface area contributed by atoms with Crippen molar-refractivity contribution in [1.82, 2.24) is 24.9 Å². The lowest BCUT2D eigenvalue weighted by Crippen LogP contribution is -2.36. The SMILES string of the molecule is CNCc1cccc2c1OCCOCCOCCN(CCCC(=O)NCC(=O)O)S(=O)(=O)c1ccc(cc1)-c1cnc(N)c(n1)C(=O)N2. The molecule has 3 aromatic rings. The summed E-state index contributed by atoms with van der Waals surface area (Å²) in [7, 11) is -2.24. The van der Waals surface area contributed by atoms with Gasteiger partial charge in [-0.25, -0.2) is 18.4 Å². The molecule has 2 aromatic carbocycles. The van der Waals surface area contributed by atoms with Crippen LogP contribution in [0.2, 0.25) is 0 Å². The number of hydrogen-bond acceptors (Lipinski definition) is 12. The van der Waals surface area contributed by atoms with Crippen LogP contribution in [0.1, 0.15) is 28.9 Å². The zero-order chi connectivity index (χ0) is 34.5. The van der Waals surface area contributed by atoms with E-state index in [2.05, 4.69) is 25.9 Å². The molecule has 0 aliphatic carbocycles. The molecule has 0 spiro atoms. The second-order valence-corrected chi connectivity index (χ2v) is 12.5. The predicted molar refractivity (Wildman–Crippen MR) is 175 cm³/mol. The van der Waals surface area contributed by atoms with E-state index in [1.165, 1.54) is 22.6 Å². The Morgan fingerprint density at radius 1 is 1.06 bits per heavy atom. The fraction of sp³-hybridized carbons (Fsp3) is 0.387. The summed E-state index contributed by atoms with van der Waals surface area (Å²) >= 11 is 0. The summed E-state index contributed by atoms with van der Waals surface area (Å²) in [6.45, 7) is 0.795. The molecule has 0 saturated carbocycles. The number of sulfonamides is 1. The maximum absolute atomic E-state index is 13.7. The van der Waals surface area contributed by atoms with Crippen molar-refractivity contribution < 1.29 is 42.1 Å².